The van der Waals surface area contributed by atoms with Crippen molar-refractivity contribution in [3.05, 3.63) is 22.4 Å². The van der Waals surface area contributed by atoms with Crippen LogP contribution in [0, 0.1) is 0 Å². The van der Waals surface area contributed by atoms with Crippen LogP contribution in [0.15, 0.2) is 17.5 Å². The van der Waals surface area contributed by atoms with E-state index >= 15 is 0 Å². The average molecular weight is 254 g/mol. The first-order valence-electron chi connectivity index (χ1n) is 6.30. The number of ether oxygens (including phenoxy) is 1. The average Bonchev–Trinajstić information content (AvgIpc) is 2.83. The zero-order valence-electron chi connectivity index (χ0n) is 10.7. The van der Waals surface area contributed by atoms with Gasteiger partial charge in [-0.05, 0) is 31.8 Å². The van der Waals surface area contributed by atoms with Gasteiger partial charge in [0.05, 0.1) is 12.7 Å². The Labute approximate surface area is 108 Å². The van der Waals surface area contributed by atoms with Gasteiger partial charge in [-0.15, -0.1) is 11.3 Å². The Hall–Kier alpha value is -0.420. The highest BCUT2D eigenvalue weighted by molar-refractivity contribution is 7.09. The van der Waals surface area contributed by atoms with Crippen molar-refractivity contribution < 1.29 is 4.74 Å². The van der Waals surface area contributed by atoms with E-state index in [0.717, 1.165) is 32.7 Å². The summed E-state index contributed by atoms with van der Waals surface area (Å²) < 4.78 is 5.73. The van der Waals surface area contributed by atoms with Gasteiger partial charge in [0.25, 0.3) is 0 Å². The van der Waals surface area contributed by atoms with E-state index < -0.39 is 0 Å². The summed E-state index contributed by atoms with van der Waals surface area (Å²) in [6.45, 7) is 6.12. The summed E-state index contributed by atoms with van der Waals surface area (Å²) in [7, 11) is 2.19. The molecule has 96 valence electrons. The fraction of sp³-hybridized carbons (Fsp3) is 0.692. The number of nitrogens with zero attached hydrogens (tertiary/aromatic N) is 1. The van der Waals surface area contributed by atoms with Crippen LogP contribution in [0.4, 0.5) is 0 Å². The molecule has 0 saturated carbocycles. The zero-order chi connectivity index (χ0) is 12.1. The van der Waals surface area contributed by atoms with E-state index in [1.165, 1.54) is 4.88 Å². The van der Waals surface area contributed by atoms with Gasteiger partial charge in [-0.3, -0.25) is 0 Å². The van der Waals surface area contributed by atoms with Crippen LogP contribution in [-0.2, 0) is 11.2 Å². The Bertz CT molecular complexity index is 309. The molecular formula is C13H22N2OS. The highest BCUT2D eigenvalue weighted by Gasteiger charge is 2.18. The number of hydrogen-bond acceptors (Lipinski definition) is 4. The number of morpholine rings is 1. The molecule has 4 heteroatoms. The van der Waals surface area contributed by atoms with E-state index in [4.69, 9.17) is 4.74 Å². The Kier molecular flexibility index (Phi) is 4.98. The molecule has 0 spiro atoms. The van der Waals surface area contributed by atoms with E-state index in [2.05, 4.69) is 41.7 Å². The van der Waals surface area contributed by atoms with Crippen LogP contribution in [0.2, 0.25) is 0 Å². The highest BCUT2D eigenvalue weighted by atomic mass is 32.1. The third kappa shape index (κ3) is 4.07. The molecule has 1 aliphatic rings. The molecule has 0 radical (unpaired) electrons. The quantitative estimate of drug-likeness (QED) is 0.864. The second-order valence-electron chi connectivity index (χ2n) is 4.77. The molecule has 2 rings (SSSR count). The standard InChI is InChI=1S/C13H22N2OS/c1-11(8-13-4-3-7-17-13)15(2)10-12-9-14-5-6-16-12/h3-4,7,11-12,14H,5-6,8-10H2,1-2H3. The number of thiophene rings is 1. The number of nitrogens with one attached hydrogen (secondary N) is 1. The monoisotopic (exact) mass is 254 g/mol. The van der Waals surface area contributed by atoms with Gasteiger partial charge >= 0.3 is 0 Å². The first-order valence-corrected chi connectivity index (χ1v) is 7.18. The first-order chi connectivity index (χ1) is 8.25. The normalized spacial score (nSPS) is 22.9. The minimum atomic E-state index is 0.347. The van der Waals surface area contributed by atoms with Crippen LogP contribution in [0.3, 0.4) is 0 Å². The molecule has 0 bridgehead atoms. The Balaban J connectivity index is 1.76. The molecule has 1 N–H and O–H groups in total. The van der Waals surface area contributed by atoms with Crippen LogP contribution < -0.4 is 5.32 Å². The van der Waals surface area contributed by atoms with Crippen LogP contribution in [0.5, 0.6) is 0 Å². The Morgan fingerprint density at radius 1 is 1.65 bits per heavy atom. The second-order valence-corrected chi connectivity index (χ2v) is 5.80. The van der Waals surface area contributed by atoms with Crippen molar-refractivity contribution in [2.75, 3.05) is 33.3 Å². The number of hydrogen-bond donors (Lipinski definition) is 1. The lowest BCUT2D eigenvalue weighted by Gasteiger charge is -2.31. The van der Waals surface area contributed by atoms with Crippen molar-refractivity contribution in [2.24, 2.45) is 0 Å². The van der Waals surface area contributed by atoms with Gasteiger partial charge in [0, 0.05) is 30.6 Å². The minimum absolute atomic E-state index is 0.347. The summed E-state index contributed by atoms with van der Waals surface area (Å²) in [6.07, 6.45) is 1.48. The topological polar surface area (TPSA) is 24.5 Å². The van der Waals surface area contributed by atoms with Crippen molar-refractivity contribution in [3.8, 4) is 0 Å². The van der Waals surface area contributed by atoms with Gasteiger partial charge in [-0.25, -0.2) is 0 Å². The Morgan fingerprint density at radius 3 is 3.18 bits per heavy atom. The fourth-order valence-electron chi connectivity index (χ4n) is 2.11. The zero-order valence-corrected chi connectivity index (χ0v) is 11.5. The van der Waals surface area contributed by atoms with Crippen LogP contribution in [0.25, 0.3) is 0 Å². The molecule has 1 aromatic heterocycles. The van der Waals surface area contributed by atoms with E-state index in [9.17, 15) is 0 Å². The molecule has 1 fully saturated rings. The summed E-state index contributed by atoms with van der Waals surface area (Å²) in [5, 5.41) is 5.52. The lowest BCUT2D eigenvalue weighted by Crippen LogP contribution is -2.46. The summed E-state index contributed by atoms with van der Waals surface area (Å²) in [6, 6.07) is 4.91. The van der Waals surface area contributed by atoms with Crippen molar-refractivity contribution in [1.82, 2.24) is 10.2 Å². The van der Waals surface area contributed by atoms with Gasteiger partial charge in [-0.1, -0.05) is 6.07 Å². The highest BCUT2D eigenvalue weighted by Crippen LogP contribution is 2.14. The van der Waals surface area contributed by atoms with Gasteiger partial charge in [-0.2, -0.15) is 0 Å². The number of rotatable bonds is 5. The lowest BCUT2D eigenvalue weighted by atomic mass is 10.1. The lowest BCUT2D eigenvalue weighted by molar-refractivity contribution is 0.00419. The second kappa shape index (κ2) is 6.50. The van der Waals surface area contributed by atoms with Gasteiger partial charge in [0.15, 0.2) is 0 Å². The molecule has 0 aliphatic carbocycles. The third-order valence-corrected chi connectivity index (χ3v) is 4.22. The molecule has 2 atom stereocenters. The summed E-state index contributed by atoms with van der Waals surface area (Å²) in [4.78, 5) is 3.87. The molecule has 1 saturated heterocycles. The van der Waals surface area contributed by atoms with Crippen molar-refractivity contribution >= 4 is 11.3 Å². The molecule has 1 aromatic rings. The molecule has 2 heterocycles. The molecule has 17 heavy (non-hydrogen) atoms. The first kappa shape index (κ1) is 13.0. The van der Waals surface area contributed by atoms with Crippen LogP contribution >= 0.6 is 11.3 Å². The summed E-state index contributed by atoms with van der Waals surface area (Å²) in [5.41, 5.74) is 0. The van der Waals surface area contributed by atoms with Crippen molar-refractivity contribution in [2.45, 2.75) is 25.5 Å². The summed E-state index contributed by atoms with van der Waals surface area (Å²) >= 11 is 1.84. The Morgan fingerprint density at radius 2 is 2.53 bits per heavy atom. The maximum atomic E-state index is 5.73. The molecule has 3 nitrogen and oxygen atoms in total. The van der Waals surface area contributed by atoms with E-state index in [0.29, 0.717) is 12.1 Å². The van der Waals surface area contributed by atoms with Crippen molar-refractivity contribution in [1.29, 1.82) is 0 Å². The molecule has 0 aromatic carbocycles. The smallest absolute Gasteiger partial charge is 0.0826 e. The summed E-state index contributed by atoms with van der Waals surface area (Å²) in [5.74, 6) is 0. The predicted octanol–water partition coefficient (Wildman–Crippen LogP) is 1.60. The number of likely N-dealkylation sites (N-methyl/N-ethyl adjacent to an activating group) is 1. The largest absolute Gasteiger partial charge is 0.374 e. The molecule has 0 amide bonds. The predicted molar refractivity (Wildman–Crippen MR) is 72.7 cm³/mol. The van der Waals surface area contributed by atoms with Gasteiger partial charge in [0.1, 0.15) is 0 Å². The van der Waals surface area contributed by atoms with Crippen molar-refractivity contribution in [3.63, 3.8) is 0 Å². The van der Waals surface area contributed by atoms with E-state index in [-0.39, 0.29) is 0 Å². The van der Waals surface area contributed by atoms with E-state index in [1.54, 1.807) is 0 Å². The maximum Gasteiger partial charge on any atom is 0.0826 e. The van der Waals surface area contributed by atoms with E-state index in [1.807, 2.05) is 11.3 Å². The SMILES string of the molecule is CC(Cc1cccs1)N(C)CC1CNCCO1. The van der Waals surface area contributed by atoms with Crippen LogP contribution in [-0.4, -0.2) is 50.3 Å². The fourth-order valence-corrected chi connectivity index (χ4v) is 2.94. The molecule has 1 aliphatic heterocycles. The minimum Gasteiger partial charge on any atom is -0.374 e. The maximum absolute atomic E-state index is 5.73. The van der Waals surface area contributed by atoms with Gasteiger partial charge < -0.3 is 15.0 Å². The molecule has 2 unspecified atom stereocenters. The van der Waals surface area contributed by atoms with Gasteiger partial charge in [0.2, 0.25) is 0 Å². The molecular weight excluding hydrogens is 232 g/mol. The third-order valence-electron chi connectivity index (χ3n) is 3.33. The van der Waals surface area contributed by atoms with Crippen LogP contribution in [0.1, 0.15) is 11.8 Å².